The third kappa shape index (κ3) is 4.02. The Morgan fingerprint density at radius 2 is 1.93 bits per heavy atom. The maximum Gasteiger partial charge on any atom is 0.267 e. The molecule has 1 atom stereocenters. The number of primary amides is 1. The molecule has 1 aromatic heterocycles. The van der Waals surface area contributed by atoms with Crippen LogP contribution in [0.1, 0.15) is 41.4 Å². The highest BCUT2D eigenvalue weighted by molar-refractivity contribution is 5.90. The van der Waals surface area contributed by atoms with Gasteiger partial charge in [0.15, 0.2) is 0 Å². The molecular weight excluding hydrogens is 384 g/mol. The van der Waals surface area contributed by atoms with E-state index in [0.717, 1.165) is 6.07 Å². The molecule has 1 saturated heterocycles. The molecule has 2 aliphatic rings. The smallest absolute Gasteiger partial charge is 0.267 e. The molecule has 2 aromatic rings. The highest BCUT2D eigenvalue weighted by Crippen LogP contribution is 2.37. The van der Waals surface area contributed by atoms with Crippen LogP contribution in [0.2, 0.25) is 0 Å². The zero-order valence-electron chi connectivity index (χ0n) is 15.3. The molecule has 1 aliphatic heterocycles. The van der Waals surface area contributed by atoms with Crippen LogP contribution in [-0.2, 0) is 9.63 Å². The number of nitrogens with two attached hydrogens (primary N) is 1. The van der Waals surface area contributed by atoms with Crippen LogP contribution in [0.4, 0.5) is 14.7 Å². The first-order valence-electron chi connectivity index (χ1n) is 9.22. The number of hydroxylamine groups is 2. The van der Waals surface area contributed by atoms with E-state index in [1.54, 1.807) is 0 Å². The summed E-state index contributed by atoms with van der Waals surface area (Å²) in [4.78, 5) is 37.5. The van der Waals surface area contributed by atoms with Crippen LogP contribution in [0.25, 0.3) is 0 Å². The van der Waals surface area contributed by atoms with Gasteiger partial charge in [-0.1, -0.05) is 0 Å². The third-order valence-corrected chi connectivity index (χ3v) is 5.12. The summed E-state index contributed by atoms with van der Waals surface area (Å²) in [6, 6.07) is 4.09. The van der Waals surface area contributed by atoms with Gasteiger partial charge >= 0.3 is 0 Å². The summed E-state index contributed by atoms with van der Waals surface area (Å²) in [6.07, 6.45) is 2.94. The van der Waals surface area contributed by atoms with Crippen molar-refractivity contribution in [3.05, 3.63) is 53.4 Å². The number of rotatable bonds is 5. The van der Waals surface area contributed by atoms with E-state index in [1.165, 1.54) is 29.5 Å². The highest BCUT2D eigenvalue weighted by Gasteiger charge is 2.42. The summed E-state index contributed by atoms with van der Waals surface area (Å²) in [5, 5.41) is 4.30. The molecule has 0 unspecified atom stereocenters. The normalized spacial score (nSPS) is 23.5. The fraction of sp³-hybridized carbons (Fsp3) is 0.368. The van der Waals surface area contributed by atoms with E-state index in [4.69, 9.17) is 10.6 Å². The van der Waals surface area contributed by atoms with E-state index >= 15 is 0 Å². The second-order valence-corrected chi connectivity index (χ2v) is 7.14. The third-order valence-electron chi connectivity index (χ3n) is 5.12. The predicted octanol–water partition coefficient (Wildman–Crippen LogP) is 1.95. The van der Waals surface area contributed by atoms with Gasteiger partial charge in [-0.2, -0.15) is 0 Å². The maximum atomic E-state index is 13.5. The van der Waals surface area contributed by atoms with Crippen LogP contribution in [0.5, 0.6) is 0 Å². The van der Waals surface area contributed by atoms with Gasteiger partial charge in [0.1, 0.15) is 17.3 Å². The van der Waals surface area contributed by atoms with Crippen molar-refractivity contribution in [1.29, 1.82) is 0 Å². The monoisotopic (exact) mass is 403 g/mol. The molecule has 2 fully saturated rings. The lowest BCUT2D eigenvalue weighted by molar-refractivity contribution is -0.184. The fourth-order valence-electron chi connectivity index (χ4n) is 3.62. The average molecular weight is 403 g/mol. The minimum absolute atomic E-state index is 0.0419. The van der Waals surface area contributed by atoms with E-state index in [1.807, 2.05) is 0 Å². The number of hydrogen-bond donors (Lipinski definition) is 2. The molecule has 29 heavy (non-hydrogen) atoms. The summed E-state index contributed by atoms with van der Waals surface area (Å²) in [5.74, 6) is -2.27. The van der Waals surface area contributed by atoms with Gasteiger partial charge in [0, 0.05) is 30.6 Å². The minimum Gasteiger partial charge on any atom is -0.364 e. The van der Waals surface area contributed by atoms with Crippen LogP contribution in [-0.4, -0.2) is 39.5 Å². The van der Waals surface area contributed by atoms with Gasteiger partial charge in [-0.25, -0.2) is 23.8 Å². The molecule has 1 saturated carbocycles. The molecule has 0 bridgehead atoms. The standard InChI is InChI=1S/C19H19F2N5O3/c20-12-5-10(6-13(21)9-12)16-2-4-29-26(16)18(28)11-7-14(8-11)24-19-23-3-1-15(25-19)17(22)27/h1,3,5-6,9,11,14,16H,2,4,7-8H2,(H2,22,27)(H,23,24,25)/t11-,14-,16-/m0/s1. The van der Waals surface area contributed by atoms with Gasteiger partial charge in [0.25, 0.3) is 5.91 Å². The summed E-state index contributed by atoms with van der Waals surface area (Å²) in [5.41, 5.74) is 5.68. The number of aromatic nitrogens is 2. The first kappa shape index (κ1) is 19.2. The molecule has 2 heterocycles. The van der Waals surface area contributed by atoms with E-state index in [-0.39, 0.29) is 29.5 Å². The summed E-state index contributed by atoms with van der Waals surface area (Å²) in [7, 11) is 0. The Morgan fingerprint density at radius 1 is 1.21 bits per heavy atom. The average Bonchev–Trinajstić information content (AvgIpc) is 3.13. The van der Waals surface area contributed by atoms with E-state index in [2.05, 4.69) is 15.3 Å². The zero-order valence-corrected chi connectivity index (χ0v) is 15.3. The maximum absolute atomic E-state index is 13.5. The lowest BCUT2D eigenvalue weighted by atomic mass is 9.79. The lowest BCUT2D eigenvalue weighted by Gasteiger charge is -2.37. The number of hydrogen-bond acceptors (Lipinski definition) is 6. The zero-order chi connectivity index (χ0) is 20.5. The van der Waals surface area contributed by atoms with E-state index in [0.29, 0.717) is 31.4 Å². The SMILES string of the molecule is NC(=O)c1ccnc(N[C@H]2C[C@H](C(=O)N3OCC[C@H]3c3cc(F)cc(F)c3)C2)n1. The first-order chi connectivity index (χ1) is 13.9. The number of carbonyl (C=O) groups excluding carboxylic acids is 2. The molecule has 8 nitrogen and oxygen atoms in total. The second kappa shape index (κ2) is 7.70. The number of nitrogens with zero attached hydrogens (tertiary/aromatic N) is 3. The van der Waals surface area contributed by atoms with Gasteiger partial charge in [-0.15, -0.1) is 0 Å². The van der Waals surface area contributed by atoms with Crippen LogP contribution in [0.3, 0.4) is 0 Å². The number of benzene rings is 1. The van der Waals surface area contributed by atoms with Crippen molar-refractivity contribution >= 4 is 17.8 Å². The topological polar surface area (TPSA) is 110 Å². The molecule has 152 valence electrons. The Hall–Kier alpha value is -3.14. The fourth-order valence-corrected chi connectivity index (χ4v) is 3.62. The van der Waals surface area contributed by atoms with Crippen LogP contribution in [0.15, 0.2) is 30.5 Å². The molecule has 1 aromatic carbocycles. The van der Waals surface area contributed by atoms with Gasteiger partial charge < -0.3 is 11.1 Å². The van der Waals surface area contributed by atoms with Crippen molar-refractivity contribution in [1.82, 2.24) is 15.0 Å². The molecule has 3 N–H and O–H groups in total. The molecule has 0 spiro atoms. The molecule has 10 heteroatoms. The van der Waals surface area contributed by atoms with Gasteiger partial charge in [0.05, 0.1) is 12.6 Å². The number of carbonyl (C=O) groups is 2. The number of anilines is 1. The largest absolute Gasteiger partial charge is 0.364 e. The Morgan fingerprint density at radius 3 is 2.62 bits per heavy atom. The van der Waals surface area contributed by atoms with E-state index in [9.17, 15) is 18.4 Å². The van der Waals surface area contributed by atoms with Crippen molar-refractivity contribution < 1.29 is 23.2 Å². The highest BCUT2D eigenvalue weighted by atomic mass is 19.1. The second-order valence-electron chi connectivity index (χ2n) is 7.14. The Balaban J connectivity index is 1.37. The lowest BCUT2D eigenvalue weighted by Crippen LogP contribution is -2.46. The number of nitrogens with one attached hydrogen (secondary N) is 1. The van der Waals surface area contributed by atoms with Crippen LogP contribution >= 0.6 is 0 Å². The van der Waals surface area contributed by atoms with Crippen molar-refractivity contribution in [3.8, 4) is 0 Å². The summed E-state index contributed by atoms with van der Waals surface area (Å²) >= 11 is 0. The van der Waals surface area contributed by atoms with Crippen LogP contribution < -0.4 is 11.1 Å². The van der Waals surface area contributed by atoms with Crippen molar-refractivity contribution in [2.75, 3.05) is 11.9 Å². The minimum atomic E-state index is -0.689. The molecule has 4 rings (SSSR count). The van der Waals surface area contributed by atoms with Crippen molar-refractivity contribution in [3.63, 3.8) is 0 Å². The van der Waals surface area contributed by atoms with E-state index < -0.39 is 23.6 Å². The molecule has 0 radical (unpaired) electrons. The quantitative estimate of drug-likeness (QED) is 0.790. The summed E-state index contributed by atoms with van der Waals surface area (Å²) < 4.78 is 27.1. The number of halogens is 2. The van der Waals surface area contributed by atoms with Crippen molar-refractivity contribution in [2.24, 2.45) is 11.7 Å². The van der Waals surface area contributed by atoms with Gasteiger partial charge in [0.2, 0.25) is 11.9 Å². The molecular formula is C19H19F2N5O3. The molecule has 1 aliphatic carbocycles. The van der Waals surface area contributed by atoms with Gasteiger partial charge in [-0.3, -0.25) is 14.4 Å². The Kier molecular flexibility index (Phi) is 5.10. The van der Waals surface area contributed by atoms with Crippen molar-refractivity contribution in [2.45, 2.75) is 31.3 Å². The first-order valence-corrected chi connectivity index (χ1v) is 9.22. The summed E-state index contributed by atoms with van der Waals surface area (Å²) in [6.45, 7) is 0.302. The Labute approximate surface area is 165 Å². The number of amides is 2. The van der Waals surface area contributed by atoms with Crippen LogP contribution in [0, 0.1) is 17.6 Å². The Bertz CT molecular complexity index is 931. The van der Waals surface area contributed by atoms with Gasteiger partial charge in [-0.05, 0) is 36.6 Å². The molecule has 2 amide bonds. The predicted molar refractivity (Wildman–Crippen MR) is 97.2 cm³/mol.